The topological polar surface area (TPSA) is 40.1 Å². The summed E-state index contributed by atoms with van der Waals surface area (Å²) in [6.45, 7) is 6.76. The summed E-state index contributed by atoms with van der Waals surface area (Å²) in [5.41, 5.74) is 2.68. The molecule has 0 heterocycles. The van der Waals surface area contributed by atoms with Crippen molar-refractivity contribution >= 4 is 29.9 Å². The predicted octanol–water partition coefficient (Wildman–Crippen LogP) is 2.84. The predicted molar refractivity (Wildman–Crippen MR) is 118 cm³/mol. The molecule has 25 heavy (non-hydrogen) atoms. The van der Waals surface area contributed by atoms with E-state index in [-0.39, 0.29) is 24.0 Å². The molecule has 6 heteroatoms. The minimum absolute atomic E-state index is 0. The number of guanidine groups is 1. The fraction of sp³-hybridized carbons (Fsp3) is 0.632. The summed E-state index contributed by atoms with van der Waals surface area (Å²) in [7, 11) is 7.78. The van der Waals surface area contributed by atoms with Crippen molar-refractivity contribution < 1.29 is 4.74 Å². The Morgan fingerprint density at radius 1 is 1.12 bits per heavy atom. The first-order chi connectivity index (χ1) is 11.6. The maximum absolute atomic E-state index is 5.09. The van der Waals surface area contributed by atoms with Gasteiger partial charge >= 0.3 is 0 Å². The Hall–Kier alpha value is -0.860. The van der Waals surface area contributed by atoms with Crippen molar-refractivity contribution in [2.24, 2.45) is 4.99 Å². The van der Waals surface area contributed by atoms with E-state index in [2.05, 4.69) is 65.4 Å². The second-order valence-corrected chi connectivity index (χ2v) is 6.15. The molecule has 0 radical (unpaired) electrons. The standard InChI is InChI=1S/C19H34N4O.HI/c1-6-17-8-10-18(11-9-17)16-23(4)19(20-2)21-12-7-13-22(3)14-15-24-5;/h8-11H,6-7,12-16H2,1-5H3,(H,20,21);1H. The third-order valence-corrected chi connectivity index (χ3v) is 4.10. The lowest BCUT2D eigenvalue weighted by Gasteiger charge is -2.23. The van der Waals surface area contributed by atoms with Crippen LogP contribution >= 0.6 is 24.0 Å². The molecule has 0 saturated heterocycles. The number of nitrogens with one attached hydrogen (secondary N) is 1. The Kier molecular flexibility index (Phi) is 13.8. The normalized spacial score (nSPS) is 11.4. The Bertz CT molecular complexity index is 479. The van der Waals surface area contributed by atoms with Gasteiger partial charge in [0.1, 0.15) is 0 Å². The number of rotatable bonds is 10. The summed E-state index contributed by atoms with van der Waals surface area (Å²) in [4.78, 5) is 8.83. The van der Waals surface area contributed by atoms with Crippen LogP contribution < -0.4 is 5.32 Å². The van der Waals surface area contributed by atoms with Crippen LogP contribution in [0.5, 0.6) is 0 Å². The van der Waals surface area contributed by atoms with Gasteiger partial charge in [-0.2, -0.15) is 0 Å². The Morgan fingerprint density at radius 3 is 2.32 bits per heavy atom. The van der Waals surface area contributed by atoms with Gasteiger partial charge in [-0.15, -0.1) is 24.0 Å². The second kappa shape index (κ2) is 14.3. The third kappa shape index (κ3) is 10.0. The number of aliphatic imine (C=N–C) groups is 1. The monoisotopic (exact) mass is 462 g/mol. The van der Waals surface area contributed by atoms with Crippen LogP contribution in [0.3, 0.4) is 0 Å². The van der Waals surface area contributed by atoms with Gasteiger partial charge in [0.2, 0.25) is 0 Å². The SMILES string of the molecule is CCc1ccc(CN(C)C(=NC)NCCCN(C)CCOC)cc1.I. The van der Waals surface area contributed by atoms with Crippen LogP contribution in [0, 0.1) is 0 Å². The van der Waals surface area contributed by atoms with Crippen molar-refractivity contribution in [3.63, 3.8) is 0 Å². The molecule has 0 spiro atoms. The maximum Gasteiger partial charge on any atom is 0.193 e. The molecule has 0 unspecified atom stereocenters. The molecule has 1 rings (SSSR count). The molecule has 5 nitrogen and oxygen atoms in total. The smallest absolute Gasteiger partial charge is 0.193 e. The van der Waals surface area contributed by atoms with E-state index < -0.39 is 0 Å². The van der Waals surface area contributed by atoms with Gasteiger partial charge in [-0.25, -0.2) is 0 Å². The van der Waals surface area contributed by atoms with E-state index in [1.54, 1.807) is 7.11 Å². The van der Waals surface area contributed by atoms with Gasteiger partial charge in [0.25, 0.3) is 0 Å². The van der Waals surface area contributed by atoms with E-state index in [1.165, 1.54) is 11.1 Å². The molecule has 0 saturated carbocycles. The zero-order chi connectivity index (χ0) is 17.8. The summed E-state index contributed by atoms with van der Waals surface area (Å²) >= 11 is 0. The van der Waals surface area contributed by atoms with Gasteiger partial charge in [-0.1, -0.05) is 31.2 Å². The molecule has 0 aromatic heterocycles. The van der Waals surface area contributed by atoms with Gasteiger partial charge in [0, 0.05) is 40.8 Å². The first kappa shape index (κ1) is 24.1. The molecular weight excluding hydrogens is 427 g/mol. The number of halogens is 1. The highest BCUT2D eigenvalue weighted by Crippen LogP contribution is 2.07. The molecule has 1 aromatic rings. The van der Waals surface area contributed by atoms with Crippen LogP contribution in [0.15, 0.2) is 29.3 Å². The fourth-order valence-corrected chi connectivity index (χ4v) is 2.52. The number of ether oxygens (including phenoxy) is 1. The van der Waals surface area contributed by atoms with Crippen molar-refractivity contribution in [1.82, 2.24) is 15.1 Å². The third-order valence-electron chi connectivity index (χ3n) is 4.10. The molecule has 0 bridgehead atoms. The summed E-state index contributed by atoms with van der Waals surface area (Å²) < 4.78 is 5.09. The van der Waals surface area contributed by atoms with Gasteiger partial charge in [-0.05, 0) is 37.6 Å². The lowest BCUT2D eigenvalue weighted by molar-refractivity contribution is 0.161. The van der Waals surface area contributed by atoms with Crippen LogP contribution in [-0.4, -0.2) is 70.3 Å². The molecule has 0 aliphatic heterocycles. The molecule has 1 aromatic carbocycles. The zero-order valence-electron chi connectivity index (χ0n) is 16.4. The zero-order valence-corrected chi connectivity index (χ0v) is 18.7. The van der Waals surface area contributed by atoms with Gasteiger partial charge in [0.05, 0.1) is 6.61 Å². The van der Waals surface area contributed by atoms with Crippen molar-refractivity contribution in [2.45, 2.75) is 26.3 Å². The number of aryl methyl sites for hydroxylation is 1. The highest BCUT2D eigenvalue weighted by molar-refractivity contribution is 14.0. The molecule has 0 fully saturated rings. The van der Waals surface area contributed by atoms with E-state index in [1.807, 2.05) is 7.05 Å². The quantitative estimate of drug-likeness (QED) is 0.251. The minimum Gasteiger partial charge on any atom is -0.383 e. The molecule has 0 aliphatic rings. The fourth-order valence-electron chi connectivity index (χ4n) is 2.52. The number of nitrogens with zero attached hydrogens (tertiary/aromatic N) is 3. The molecule has 0 aliphatic carbocycles. The average Bonchev–Trinajstić information content (AvgIpc) is 2.60. The summed E-state index contributed by atoms with van der Waals surface area (Å²) in [5, 5.41) is 3.44. The van der Waals surface area contributed by atoms with Gasteiger partial charge < -0.3 is 19.9 Å². The average molecular weight is 462 g/mol. The summed E-state index contributed by atoms with van der Waals surface area (Å²) in [6, 6.07) is 8.81. The van der Waals surface area contributed by atoms with Crippen LogP contribution in [0.4, 0.5) is 0 Å². The number of hydrogen-bond acceptors (Lipinski definition) is 3. The molecule has 0 amide bonds. The molecule has 144 valence electrons. The van der Waals surface area contributed by atoms with Crippen LogP contribution in [-0.2, 0) is 17.7 Å². The van der Waals surface area contributed by atoms with Crippen molar-refractivity contribution in [3.8, 4) is 0 Å². The van der Waals surface area contributed by atoms with Crippen LogP contribution in [0.25, 0.3) is 0 Å². The first-order valence-corrected chi connectivity index (χ1v) is 8.77. The van der Waals surface area contributed by atoms with Crippen molar-refractivity contribution in [1.29, 1.82) is 0 Å². The molecule has 1 N–H and O–H groups in total. The molecular formula is C19H35IN4O. The van der Waals surface area contributed by atoms with Gasteiger partial charge in [0.15, 0.2) is 5.96 Å². The van der Waals surface area contributed by atoms with E-state index >= 15 is 0 Å². The first-order valence-electron chi connectivity index (χ1n) is 8.77. The number of benzene rings is 1. The lowest BCUT2D eigenvalue weighted by Crippen LogP contribution is -2.39. The Morgan fingerprint density at radius 2 is 1.76 bits per heavy atom. The summed E-state index contributed by atoms with van der Waals surface area (Å²) in [6.07, 6.45) is 2.16. The Labute approximate surface area is 170 Å². The van der Waals surface area contributed by atoms with Gasteiger partial charge in [-0.3, -0.25) is 4.99 Å². The number of likely N-dealkylation sites (N-methyl/N-ethyl adjacent to an activating group) is 1. The number of methoxy groups -OCH3 is 1. The largest absolute Gasteiger partial charge is 0.383 e. The van der Waals surface area contributed by atoms with E-state index in [0.717, 1.165) is 51.6 Å². The maximum atomic E-state index is 5.09. The van der Waals surface area contributed by atoms with Crippen molar-refractivity contribution in [2.75, 3.05) is 54.5 Å². The minimum atomic E-state index is 0. The van der Waals surface area contributed by atoms with E-state index in [0.29, 0.717) is 0 Å². The summed E-state index contributed by atoms with van der Waals surface area (Å²) in [5.74, 6) is 0.939. The van der Waals surface area contributed by atoms with E-state index in [4.69, 9.17) is 4.74 Å². The van der Waals surface area contributed by atoms with E-state index in [9.17, 15) is 0 Å². The highest BCUT2D eigenvalue weighted by atomic mass is 127. The van der Waals surface area contributed by atoms with Crippen LogP contribution in [0.2, 0.25) is 0 Å². The number of hydrogen-bond donors (Lipinski definition) is 1. The molecule has 0 atom stereocenters. The van der Waals surface area contributed by atoms with Crippen molar-refractivity contribution in [3.05, 3.63) is 35.4 Å². The lowest BCUT2D eigenvalue weighted by atomic mass is 10.1. The van der Waals surface area contributed by atoms with Crippen LogP contribution in [0.1, 0.15) is 24.5 Å². The highest BCUT2D eigenvalue weighted by Gasteiger charge is 2.06. The second-order valence-electron chi connectivity index (χ2n) is 6.15. The Balaban J connectivity index is 0.00000576.